The molecule has 1 aromatic rings. The molecule has 1 fully saturated rings. The van der Waals surface area contributed by atoms with E-state index in [1.807, 2.05) is 0 Å². The number of amides is 1. The highest BCUT2D eigenvalue weighted by molar-refractivity contribution is 5.93. The molecular weight excluding hydrogens is 258 g/mol. The second-order valence-corrected chi connectivity index (χ2v) is 5.04. The van der Waals surface area contributed by atoms with Crippen LogP contribution in [0.3, 0.4) is 0 Å². The normalized spacial score (nSPS) is 16.9. The van der Waals surface area contributed by atoms with E-state index in [0.717, 1.165) is 25.9 Å². The highest BCUT2D eigenvalue weighted by atomic mass is 16.4. The average molecular weight is 277 g/mol. The van der Waals surface area contributed by atoms with Crippen LogP contribution in [0, 0.1) is 0 Å². The molecule has 1 amide bonds. The molecule has 0 saturated carbocycles. The first-order valence-corrected chi connectivity index (χ1v) is 6.66. The predicted octanol–water partition coefficient (Wildman–Crippen LogP) is 0.746. The first-order chi connectivity index (χ1) is 9.54. The Morgan fingerprint density at radius 3 is 2.40 bits per heavy atom. The maximum atomic E-state index is 11.9. The predicted molar refractivity (Wildman–Crippen MR) is 75.7 cm³/mol. The summed E-state index contributed by atoms with van der Waals surface area (Å²) in [6.07, 6.45) is 1.83. The highest BCUT2D eigenvalue weighted by Gasteiger charge is 2.18. The van der Waals surface area contributed by atoms with Crippen molar-refractivity contribution in [2.75, 3.05) is 25.0 Å². The van der Waals surface area contributed by atoms with Gasteiger partial charge in [-0.3, -0.25) is 9.69 Å². The summed E-state index contributed by atoms with van der Waals surface area (Å²) in [6, 6.07) is 6.37. The van der Waals surface area contributed by atoms with E-state index < -0.39 is 5.97 Å². The molecule has 20 heavy (non-hydrogen) atoms. The van der Waals surface area contributed by atoms with Crippen molar-refractivity contribution >= 4 is 17.6 Å². The average Bonchev–Trinajstić information content (AvgIpc) is 2.42. The molecule has 1 heterocycles. The zero-order valence-electron chi connectivity index (χ0n) is 11.2. The number of carbonyl (C=O) groups excluding carboxylic acids is 1. The molecular formula is C14H19N3O3. The van der Waals surface area contributed by atoms with Gasteiger partial charge in [-0.2, -0.15) is 0 Å². The van der Waals surface area contributed by atoms with E-state index in [0.29, 0.717) is 12.2 Å². The van der Waals surface area contributed by atoms with Gasteiger partial charge in [0.15, 0.2) is 0 Å². The molecule has 1 aromatic carbocycles. The molecule has 1 aliphatic rings. The Hall–Kier alpha value is -1.92. The van der Waals surface area contributed by atoms with Crippen LogP contribution in [0.1, 0.15) is 23.2 Å². The van der Waals surface area contributed by atoms with Crippen LogP contribution in [-0.2, 0) is 4.79 Å². The van der Waals surface area contributed by atoms with E-state index in [4.69, 9.17) is 10.8 Å². The molecule has 6 heteroatoms. The monoisotopic (exact) mass is 277 g/mol. The van der Waals surface area contributed by atoms with Crippen LogP contribution in [0.2, 0.25) is 0 Å². The third-order valence-corrected chi connectivity index (χ3v) is 3.42. The van der Waals surface area contributed by atoms with Gasteiger partial charge in [-0.05, 0) is 37.1 Å². The third-order valence-electron chi connectivity index (χ3n) is 3.42. The first-order valence-electron chi connectivity index (χ1n) is 6.66. The lowest BCUT2D eigenvalue weighted by atomic mass is 10.1. The molecule has 2 rings (SSSR count). The number of nitrogens with zero attached hydrogens (tertiary/aromatic N) is 1. The van der Waals surface area contributed by atoms with Gasteiger partial charge in [-0.15, -0.1) is 0 Å². The van der Waals surface area contributed by atoms with Gasteiger partial charge in [-0.25, -0.2) is 4.79 Å². The summed E-state index contributed by atoms with van der Waals surface area (Å²) in [7, 11) is 0. The van der Waals surface area contributed by atoms with Gasteiger partial charge in [-0.1, -0.05) is 0 Å². The Morgan fingerprint density at radius 1 is 1.25 bits per heavy atom. The number of piperidine rings is 1. The van der Waals surface area contributed by atoms with E-state index in [-0.39, 0.29) is 17.5 Å². The fraction of sp³-hybridized carbons (Fsp3) is 0.429. The molecule has 6 nitrogen and oxygen atoms in total. The number of benzene rings is 1. The van der Waals surface area contributed by atoms with Crippen LogP contribution in [0.5, 0.6) is 0 Å². The van der Waals surface area contributed by atoms with Crippen molar-refractivity contribution in [2.45, 2.75) is 18.9 Å². The van der Waals surface area contributed by atoms with Crippen LogP contribution in [0.25, 0.3) is 0 Å². The van der Waals surface area contributed by atoms with Crippen molar-refractivity contribution < 1.29 is 14.7 Å². The Morgan fingerprint density at radius 2 is 1.85 bits per heavy atom. The quantitative estimate of drug-likeness (QED) is 0.754. The van der Waals surface area contributed by atoms with E-state index in [1.165, 1.54) is 12.1 Å². The Balaban J connectivity index is 1.83. The standard InChI is InChI=1S/C14H19N3O3/c15-11-5-7-17(8-6-11)9-13(18)16-12-3-1-10(2-4-12)14(19)20/h1-4,11H,5-9,15H2,(H,16,18)(H,19,20). The largest absolute Gasteiger partial charge is 0.478 e. The number of aromatic carboxylic acids is 1. The summed E-state index contributed by atoms with van der Waals surface area (Å²) >= 11 is 0. The molecule has 1 aliphatic heterocycles. The maximum absolute atomic E-state index is 11.9. The topological polar surface area (TPSA) is 95.7 Å². The van der Waals surface area contributed by atoms with Crippen LogP contribution in [0.4, 0.5) is 5.69 Å². The van der Waals surface area contributed by atoms with E-state index in [9.17, 15) is 9.59 Å². The van der Waals surface area contributed by atoms with Crippen molar-refractivity contribution in [1.29, 1.82) is 0 Å². The third kappa shape index (κ3) is 4.04. The van der Waals surface area contributed by atoms with Gasteiger partial charge in [0.1, 0.15) is 0 Å². The van der Waals surface area contributed by atoms with Gasteiger partial charge in [0.05, 0.1) is 12.1 Å². The van der Waals surface area contributed by atoms with Gasteiger partial charge in [0.2, 0.25) is 5.91 Å². The number of hydrogen-bond acceptors (Lipinski definition) is 4. The van der Waals surface area contributed by atoms with Crippen molar-refractivity contribution in [1.82, 2.24) is 4.90 Å². The number of nitrogens with two attached hydrogens (primary N) is 1. The zero-order chi connectivity index (χ0) is 14.5. The molecule has 108 valence electrons. The number of carbonyl (C=O) groups is 2. The Labute approximate surface area is 117 Å². The van der Waals surface area contributed by atoms with Gasteiger partial charge < -0.3 is 16.2 Å². The fourth-order valence-electron chi connectivity index (χ4n) is 2.21. The minimum atomic E-state index is -0.979. The summed E-state index contributed by atoms with van der Waals surface area (Å²) in [5, 5.41) is 11.6. The minimum absolute atomic E-state index is 0.0939. The summed E-state index contributed by atoms with van der Waals surface area (Å²) in [5.41, 5.74) is 6.62. The van der Waals surface area contributed by atoms with Crippen LogP contribution >= 0.6 is 0 Å². The van der Waals surface area contributed by atoms with E-state index in [2.05, 4.69) is 10.2 Å². The van der Waals surface area contributed by atoms with Crippen LogP contribution < -0.4 is 11.1 Å². The number of rotatable bonds is 4. The number of likely N-dealkylation sites (tertiary alicyclic amines) is 1. The highest BCUT2D eigenvalue weighted by Crippen LogP contribution is 2.11. The second-order valence-electron chi connectivity index (χ2n) is 5.04. The van der Waals surface area contributed by atoms with Crippen molar-refractivity contribution in [3.63, 3.8) is 0 Å². The molecule has 0 aromatic heterocycles. The van der Waals surface area contributed by atoms with Gasteiger partial charge in [0, 0.05) is 24.8 Å². The van der Waals surface area contributed by atoms with Crippen LogP contribution in [-0.4, -0.2) is 47.6 Å². The zero-order valence-corrected chi connectivity index (χ0v) is 11.2. The van der Waals surface area contributed by atoms with Gasteiger partial charge >= 0.3 is 5.97 Å². The number of nitrogens with one attached hydrogen (secondary N) is 1. The fourth-order valence-corrected chi connectivity index (χ4v) is 2.21. The lowest BCUT2D eigenvalue weighted by molar-refractivity contribution is -0.117. The molecule has 0 atom stereocenters. The second kappa shape index (κ2) is 6.49. The Kier molecular flexibility index (Phi) is 4.70. The molecule has 0 unspecified atom stereocenters. The molecule has 0 bridgehead atoms. The lowest BCUT2D eigenvalue weighted by Crippen LogP contribution is -2.43. The van der Waals surface area contributed by atoms with E-state index in [1.54, 1.807) is 12.1 Å². The summed E-state index contributed by atoms with van der Waals surface area (Å²) in [5.74, 6) is -1.07. The molecule has 0 spiro atoms. The number of carboxylic acid groups (broad SMARTS) is 1. The van der Waals surface area contributed by atoms with Crippen LogP contribution in [0.15, 0.2) is 24.3 Å². The summed E-state index contributed by atoms with van der Waals surface area (Å²) in [4.78, 5) is 24.7. The number of hydrogen-bond donors (Lipinski definition) is 3. The molecule has 0 aliphatic carbocycles. The SMILES string of the molecule is NC1CCN(CC(=O)Nc2ccc(C(=O)O)cc2)CC1. The Bertz CT molecular complexity index is 479. The minimum Gasteiger partial charge on any atom is -0.478 e. The smallest absolute Gasteiger partial charge is 0.335 e. The number of anilines is 1. The first kappa shape index (κ1) is 14.5. The molecule has 4 N–H and O–H groups in total. The van der Waals surface area contributed by atoms with Crippen molar-refractivity contribution in [3.05, 3.63) is 29.8 Å². The molecule has 1 saturated heterocycles. The van der Waals surface area contributed by atoms with Crippen molar-refractivity contribution in [2.24, 2.45) is 5.73 Å². The van der Waals surface area contributed by atoms with Crippen molar-refractivity contribution in [3.8, 4) is 0 Å². The van der Waals surface area contributed by atoms with Gasteiger partial charge in [0.25, 0.3) is 0 Å². The lowest BCUT2D eigenvalue weighted by Gasteiger charge is -2.29. The number of carboxylic acids is 1. The summed E-state index contributed by atoms with van der Waals surface area (Å²) in [6.45, 7) is 2.02. The molecule has 0 radical (unpaired) electrons. The summed E-state index contributed by atoms with van der Waals surface area (Å²) < 4.78 is 0. The van der Waals surface area contributed by atoms with E-state index >= 15 is 0 Å². The maximum Gasteiger partial charge on any atom is 0.335 e.